The molecule has 0 aromatic heterocycles. The molecule has 0 bridgehead atoms. The largest absolute Gasteiger partial charge is 0.465 e. The summed E-state index contributed by atoms with van der Waals surface area (Å²) in [6.07, 6.45) is 0.174. The summed E-state index contributed by atoms with van der Waals surface area (Å²) in [4.78, 5) is 13.8. The van der Waals surface area contributed by atoms with E-state index >= 15 is 0 Å². The van der Waals surface area contributed by atoms with E-state index in [-0.39, 0.29) is 11.5 Å². The number of carboxylic acid groups (broad SMARTS) is 1. The van der Waals surface area contributed by atoms with Crippen molar-refractivity contribution in [2.45, 2.75) is 39.9 Å². The average molecular weight is 364 g/mol. The zero-order valence-electron chi connectivity index (χ0n) is 16.2. The Morgan fingerprint density at radius 3 is 2.52 bits per heavy atom. The van der Waals surface area contributed by atoms with Crippen molar-refractivity contribution in [2.75, 3.05) is 32.3 Å². The highest BCUT2D eigenvalue weighted by molar-refractivity contribution is 6.90. The highest BCUT2D eigenvalue weighted by atomic mass is 28.3. The highest BCUT2D eigenvalue weighted by Crippen LogP contribution is 2.32. The van der Waals surface area contributed by atoms with Crippen LogP contribution in [0.4, 0.5) is 4.79 Å². The summed E-state index contributed by atoms with van der Waals surface area (Å²) in [6.45, 7) is 15.4. The third-order valence-corrected chi connectivity index (χ3v) is 8.08. The Bertz CT molecular complexity index is 593. The van der Waals surface area contributed by atoms with Crippen LogP contribution in [0.5, 0.6) is 0 Å². The van der Waals surface area contributed by atoms with E-state index in [1.807, 2.05) is 6.07 Å². The lowest BCUT2D eigenvalue weighted by atomic mass is 9.82. The topological polar surface area (TPSA) is 64.6 Å². The Hall–Kier alpha value is -1.37. The van der Waals surface area contributed by atoms with E-state index in [4.69, 9.17) is 0 Å². The van der Waals surface area contributed by atoms with E-state index in [0.29, 0.717) is 0 Å². The van der Waals surface area contributed by atoms with E-state index in [1.54, 1.807) is 0 Å². The second kappa shape index (κ2) is 7.89. The van der Waals surface area contributed by atoms with Gasteiger partial charge in [0.05, 0.1) is 14.1 Å². The first-order chi connectivity index (χ1) is 11.6. The summed E-state index contributed by atoms with van der Waals surface area (Å²) in [5, 5.41) is 16.8. The van der Waals surface area contributed by atoms with Crippen molar-refractivity contribution in [2.24, 2.45) is 5.41 Å². The van der Waals surface area contributed by atoms with Crippen LogP contribution in [0.25, 0.3) is 0 Å². The lowest BCUT2D eigenvalue weighted by molar-refractivity contribution is 0.175. The molecule has 25 heavy (non-hydrogen) atoms. The monoisotopic (exact) mass is 363 g/mol. The SMILES string of the molecule is CC(C)(C)C(NC(=O)O)c1cccc([Si](C)(C)CN2CCNCC2)c1. The summed E-state index contributed by atoms with van der Waals surface area (Å²) in [7, 11) is -1.62. The van der Waals surface area contributed by atoms with E-state index in [9.17, 15) is 9.90 Å². The van der Waals surface area contributed by atoms with Crippen LogP contribution in [0.1, 0.15) is 32.4 Å². The van der Waals surface area contributed by atoms with Crippen molar-refractivity contribution in [3.8, 4) is 0 Å². The quantitative estimate of drug-likeness (QED) is 0.703. The fourth-order valence-electron chi connectivity index (χ4n) is 3.58. The van der Waals surface area contributed by atoms with Crippen LogP contribution in [-0.4, -0.2) is 56.5 Å². The van der Waals surface area contributed by atoms with Gasteiger partial charge < -0.3 is 20.6 Å². The standard InChI is InChI=1S/C19H33N3O2Si/c1-19(2,3)17(21-18(23)24)15-7-6-8-16(13-15)25(4,5)14-22-11-9-20-10-12-22/h6-8,13,17,20-21H,9-12,14H2,1-5H3,(H,23,24). The van der Waals surface area contributed by atoms with Crippen LogP contribution in [0.2, 0.25) is 13.1 Å². The third-order valence-electron chi connectivity index (χ3n) is 4.96. The highest BCUT2D eigenvalue weighted by Gasteiger charge is 2.31. The van der Waals surface area contributed by atoms with Crippen molar-refractivity contribution in [1.82, 2.24) is 15.5 Å². The van der Waals surface area contributed by atoms with Crippen molar-refractivity contribution < 1.29 is 9.90 Å². The second-order valence-electron chi connectivity index (χ2n) is 8.78. The van der Waals surface area contributed by atoms with Gasteiger partial charge in [-0.3, -0.25) is 0 Å². The van der Waals surface area contributed by atoms with Crippen LogP contribution in [-0.2, 0) is 0 Å². The van der Waals surface area contributed by atoms with Gasteiger partial charge in [-0.25, -0.2) is 4.79 Å². The van der Waals surface area contributed by atoms with E-state index in [2.05, 4.69) is 67.6 Å². The van der Waals surface area contributed by atoms with Crippen molar-refractivity contribution in [3.63, 3.8) is 0 Å². The first kappa shape index (κ1) is 19.9. The lowest BCUT2D eigenvalue weighted by Gasteiger charge is -2.35. The number of carbonyl (C=O) groups is 1. The van der Waals surface area contributed by atoms with Crippen molar-refractivity contribution in [1.29, 1.82) is 0 Å². The van der Waals surface area contributed by atoms with Gasteiger partial charge in [-0.15, -0.1) is 0 Å². The fourth-order valence-corrected chi connectivity index (χ4v) is 6.30. The zero-order chi connectivity index (χ0) is 18.7. The molecule has 140 valence electrons. The fraction of sp³-hybridized carbons (Fsp3) is 0.632. The van der Waals surface area contributed by atoms with Crippen LogP contribution in [0.3, 0.4) is 0 Å². The van der Waals surface area contributed by atoms with E-state index in [1.165, 1.54) is 5.19 Å². The Labute approximate surface area is 152 Å². The molecule has 0 saturated carbocycles. The maximum atomic E-state index is 11.3. The Balaban J connectivity index is 2.24. The molecule has 2 rings (SSSR count). The molecule has 5 nitrogen and oxygen atoms in total. The number of nitrogens with one attached hydrogen (secondary N) is 2. The van der Waals surface area contributed by atoms with Gasteiger partial charge in [0.25, 0.3) is 0 Å². The second-order valence-corrected chi connectivity index (χ2v) is 13.4. The summed E-state index contributed by atoms with van der Waals surface area (Å²) >= 11 is 0. The molecular formula is C19H33N3O2Si. The third kappa shape index (κ3) is 5.56. The van der Waals surface area contributed by atoms with Gasteiger partial charge in [0.15, 0.2) is 0 Å². The number of piperazine rings is 1. The van der Waals surface area contributed by atoms with Gasteiger partial charge >= 0.3 is 6.09 Å². The summed E-state index contributed by atoms with van der Waals surface area (Å²) in [5.41, 5.74) is 0.884. The number of hydrogen-bond donors (Lipinski definition) is 3. The molecule has 1 aliphatic heterocycles. The predicted octanol–water partition coefficient (Wildman–Crippen LogP) is 2.40. The number of rotatable bonds is 5. The molecule has 1 aliphatic rings. The molecule has 1 heterocycles. The number of nitrogens with zero attached hydrogens (tertiary/aromatic N) is 1. The molecule has 1 unspecified atom stereocenters. The number of amides is 1. The molecular weight excluding hydrogens is 330 g/mol. The zero-order valence-corrected chi connectivity index (χ0v) is 17.2. The minimum atomic E-state index is -1.62. The Morgan fingerprint density at radius 2 is 1.96 bits per heavy atom. The minimum Gasteiger partial charge on any atom is -0.465 e. The molecule has 1 atom stereocenters. The van der Waals surface area contributed by atoms with E-state index in [0.717, 1.165) is 37.9 Å². The van der Waals surface area contributed by atoms with Gasteiger partial charge in [-0.2, -0.15) is 0 Å². The Kier molecular flexibility index (Phi) is 6.29. The molecule has 0 radical (unpaired) electrons. The Morgan fingerprint density at radius 1 is 1.32 bits per heavy atom. The normalized spacial score (nSPS) is 18.0. The molecule has 0 aliphatic carbocycles. The van der Waals surface area contributed by atoms with Gasteiger partial charge in [0.1, 0.15) is 0 Å². The van der Waals surface area contributed by atoms with Crippen LogP contribution < -0.4 is 15.8 Å². The van der Waals surface area contributed by atoms with Gasteiger partial charge in [0, 0.05) is 26.2 Å². The molecule has 1 aromatic carbocycles. The van der Waals surface area contributed by atoms with Crippen LogP contribution in [0, 0.1) is 5.41 Å². The van der Waals surface area contributed by atoms with E-state index < -0.39 is 14.2 Å². The van der Waals surface area contributed by atoms with Gasteiger partial charge in [-0.05, 0) is 17.1 Å². The minimum absolute atomic E-state index is 0.179. The average Bonchev–Trinajstić information content (AvgIpc) is 2.52. The molecule has 1 aromatic rings. The first-order valence-electron chi connectivity index (χ1n) is 9.12. The molecule has 6 heteroatoms. The maximum absolute atomic E-state index is 11.3. The van der Waals surface area contributed by atoms with Gasteiger partial charge in [0.2, 0.25) is 0 Å². The predicted molar refractivity (Wildman–Crippen MR) is 106 cm³/mol. The summed E-state index contributed by atoms with van der Waals surface area (Å²) < 4.78 is 0. The smallest absolute Gasteiger partial charge is 0.405 e. The van der Waals surface area contributed by atoms with Gasteiger partial charge in [-0.1, -0.05) is 63.3 Å². The number of benzene rings is 1. The molecule has 1 fully saturated rings. The molecule has 3 N–H and O–H groups in total. The van der Waals surface area contributed by atoms with Crippen LogP contribution >= 0.6 is 0 Å². The molecule has 1 saturated heterocycles. The van der Waals surface area contributed by atoms with Crippen LogP contribution in [0.15, 0.2) is 24.3 Å². The first-order valence-corrected chi connectivity index (χ1v) is 12.3. The van der Waals surface area contributed by atoms with Crippen molar-refractivity contribution in [3.05, 3.63) is 29.8 Å². The summed E-state index contributed by atoms with van der Waals surface area (Å²) in [5.74, 6) is 0. The summed E-state index contributed by atoms with van der Waals surface area (Å²) in [6, 6.07) is 8.37. The molecule has 1 amide bonds. The van der Waals surface area contributed by atoms with Crippen molar-refractivity contribution >= 4 is 19.4 Å². The number of hydrogen-bond acceptors (Lipinski definition) is 3. The molecule has 0 spiro atoms. The lowest BCUT2D eigenvalue weighted by Crippen LogP contribution is -2.56. The maximum Gasteiger partial charge on any atom is 0.405 e.